The van der Waals surface area contributed by atoms with Crippen molar-refractivity contribution in [2.75, 3.05) is 13.6 Å². The number of nitrogens with zero attached hydrogens (tertiary/aromatic N) is 3. The van der Waals surface area contributed by atoms with Gasteiger partial charge in [0.05, 0.1) is 22.9 Å². The summed E-state index contributed by atoms with van der Waals surface area (Å²) in [6, 6.07) is 5.29. The minimum absolute atomic E-state index is 0.00944. The molecule has 0 bridgehead atoms. The van der Waals surface area contributed by atoms with Crippen LogP contribution in [0, 0.1) is 18.3 Å². The van der Waals surface area contributed by atoms with Gasteiger partial charge < -0.3 is 0 Å². The van der Waals surface area contributed by atoms with E-state index in [2.05, 4.69) is 0 Å². The minimum atomic E-state index is -4.01. The third-order valence-corrected chi connectivity index (χ3v) is 6.10. The van der Waals surface area contributed by atoms with E-state index in [-0.39, 0.29) is 23.4 Å². The van der Waals surface area contributed by atoms with Gasteiger partial charge in [-0.1, -0.05) is 13.0 Å². The molecular weight excluding hydrogens is 330 g/mol. The zero-order chi connectivity index (χ0) is 18.1. The van der Waals surface area contributed by atoms with Crippen molar-refractivity contribution >= 4 is 21.8 Å². The standard InChI is InChI=1S/C16H19N3O4S/c1-4-7-19(13-9-15(20)18(3)16(13)21)24(22,23)14-8-12(10-17)6-5-11(14)2/h5-6,8,13H,4,7,9H2,1-3H3/t13-/m0/s1. The first-order chi connectivity index (χ1) is 11.2. The van der Waals surface area contributed by atoms with Crippen LogP contribution in [0.15, 0.2) is 23.1 Å². The number of imide groups is 1. The van der Waals surface area contributed by atoms with Crippen LogP contribution in [0.2, 0.25) is 0 Å². The summed E-state index contributed by atoms with van der Waals surface area (Å²) in [5.41, 5.74) is 0.710. The molecule has 0 N–H and O–H groups in total. The Hall–Kier alpha value is -2.24. The SMILES string of the molecule is CCCN([C@H]1CC(=O)N(C)C1=O)S(=O)(=O)c1cc(C#N)ccc1C. The number of hydrogen-bond acceptors (Lipinski definition) is 5. The van der Waals surface area contributed by atoms with E-state index in [0.29, 0.717) is 12.0 Å². The summed E-state index contributed by atoms with van der Waals surface area (Å²) in [6.07, 6.45) is 0.337. The van der Waals surface area contributed by atoms with E-state index in [1.54, 1.807) is 19.9 Å². The van der Waals surface area contributed by atoms with Crippen molar-refractivity contribution in [3.05, 3.63) is 29.3 Å². The molecule has 1 aliphatic heterocycles. The lowest BCUT2D eigenvalue weighted by molar-refractivity contribution is -0.137. The van der Waals surface area contributed by atoms with Crippen molar-refractivity contribution in [3.8, 4) is 6.07 Å². The Morgan fingerprint density at radius 3 is 2.54 bits per heavy atom. The number of nitriles is 1. The molecule has 2 amide bonds. The Morgan fingerprint density at radius 1 is 1.38 bits per heavy atom. The number of rotatable bonds is 5. The first-order valence-corrected chi connectivity index (χ1v) is 9.01. The van der Waals surface area contributed by atoms with Gasteiger partial charge in [0.1, 0.15) is 6.04 Å². The van der Waals surface area contributed by atoms with E-state index in [9.17, 15) is 18.0 Å². The monoisotopic (exact) mass is 349 g/mol. The number of sulfonamides is 1. The van der Waals surface area contributed by atoms with Gasteiger partial charge in [0.2, 0.25) is 21.8 Å². The maximum atomic E-state index is 13.1. The fraction of sp³-hybridized carbons (Fsp3) is 0.438. The molecule has 24 heavy (non-hydrogen) atoms. The van der Waals surface area contributed by atoms with E-state index >= 15 is 0 Å². The molecule has 1 heterocycles. The smallest absolute Gasteiger partial charge is 0.247 e. The highest BCUT2D eigenvalue weighted by atomic mass is 32.2. The molecule has 128 valence electrons. The third kappa shape index (κ3) is 3.05. The average molecular weight is 349 g/mol. The lowest BCUT2D eigenvalue weighted by atomic mass is 10.2. The summed E-state index contributed by atoms with van der Waals surface area (Å²) in [7, 11) is -2.66. The molecule has 8 heteroatoms. The molecule has 1 atom stereocenters. The van der Waals surface area contributed by atoms with Gasteiger partial charge in [-0.15, -0.1) is 0 Å². The summed E-state index contributed by atoms with van der Waals surface area (Å²) in [4.78, 5) is 25.0. The molecular formula is C16H19N3O4S. The number of carbonyl (C=O) groups excluding carboxylic acids is 2. The van der Waals surface area contributed by atoms with Crippen LogP contribution in [-0.2, 0) is 19.6 Å². The molecule has 0 unspecified atom stereocenters. The van der Waals surface area contributed by atoms with Gasteiger partial charge in [-0.2, -0.15) is 9.57 Å². The Labute approximate surface area is 141 Å². The molecule has 0 saturated carbocycles. The van der Waals surface area contributed by atoms with Gasteiger partial charge in [-0.25, -0.2) is 8.42 Å². The lowest BCUT2D eigenvalue weighted by Gasteiger charge is -2.26. The maximum Gasteiger partial charge on any atom is 0.247 e. The van der Waals surface area contributed by atoms with E-state index in [0.717, 1.165) is 9.21 Å². The van der Waals surface area contributed by atoms with Crippen LogP contribution in [0.3, 0.4) is 0 Å². The minimum Gasteiger partial charge on any atom is -0.284 e. The number of benzene rings is 1. The number of likely N-dealkylation sites (tertiary alicyclic amines) is 1. The summed E-state index contributed by atoms with van der Waals surface area (Å²) in [5, 5.41) is 9.02. The van der Waals surface area contributed by atoms with E-state index < -0.39 is 27.9 Å². The Morgan fingerprint density at radius 2 is 2.04 bits per heavy atom. The van der Waals surface area contributed by atoms with Crippen LogP contribution in [-0.4, -0.2) is 49.1 Å². The van der Waals surface area contributed by atoms with Crippen LogP contribution in [0.5, 0.6) is 0 Å². The predicted molar refractivity (Wildman–Crippen MR) is 86.3 cm³/mol. The van der Waals surface area contributed by atoms with Crippen LogP contribution in [0.25, 0.3) is 0 Å². The van der Waals surface area contributed by atoms with Crippen molar-refractivity contribution in [2.45, 2.75) is 37.6 Å². The summed E-state index contributed by atoms with van der Waals surface area (Å²) in [5.74, 6) is -0.921. The van der Waals surface area contributed by atoms with Crippen molar-refractivity contribution in [2.24, 2.45) is 0 Å². The maximum absolute atomic E-state index is 13.1. The first kappa shape index (κ1) is 18.1. The molecule has 1 aliphatic rings. The van der Waals surface area contributed by atoms with Crippen molar-refractivity contribution in [3.63, 3.8) is 0 Å². The van der Waals surface area contributed by atoms with Crippen molar-refractivity contribution in [1.82, 2.24) is 9.21 Å². The molecule has 0 radical (unpaired) electrons. The van der Waals surface area contributed by atoms with Gasteiger partial charge in [-0.05, 0) is 31.0 Å². The molecule has 0 aliphatic carbocycles. The van der Waals surface area contributed by atoms with Gasteiger partial charge in [0.25, 0.3) is 0 Å². The third-order valence-electron chi connectivity index (χ3n) is 4.05. The quantitative estimate of drug-likeness (QED) is 0.739. The van der Waals surface area contributed by atoms with Crippen LogP contribution in [0.4, 0.5) is 0 Å². The topological polar surface area (TPSA) is 98.6 Å². The number of likely N-dealkylation sites (N-methyl/N-ethyl adjacent to an activating group) is 1. The highest BCUT2D eigenvalue weighted by Gasteiger charge is 2.44. The van der Waals surface area contributed by atoms with Gasteiger partial charge in [0, 0.05) is 13.6 Å². The second-order valence-electron chi connectivity index (χ2n) is 5.72. The van der Waals surface area contributed by atoms with E-state index in [4.69, 9.17) is 5.26 Å². The molecule has 1 saturated heterocycles. The number of carbonyl (C=O) groups is 2. The van der Waals surface area contributed by atoms with Gasteiger partial charge in [0.15, 0.2) is 0 Å². The summed E-state index contributed by atoms with van der Waals surface area (Å²) < 4.78 is 27.3. The Kier molecular flexibility index (Phi) is 5.06. The highest BCUT2D eigenvalue weighted by molar-refractivity contribution is 7.89. The molecule has 2 rings (SSSR count). The normalized spacial score (nSPS) is 18.3. The Balaban J connectivity index is 2.53. The first-order valence-electron chi connectivity index (χ1n) is 7.57. The Bertz CT molecular complexity index is 826. The molecule has 0 aromatic heterocycles. The zero-order valence-corrected chi connectivity index (χ0v) is 14.6. The number of hydrogen-bond donors (Lipinski definition) is 0. The average Bonchev–Trinajstić information content (AvgIpc) is 2.80. The molecule has 0 spiro atoms. The van der Waals surface area contributed by atoms with E-state index in [1.165, 1.54) is 19.2 Å². The van der Waals surface area contributed by atoms with Crippen molar-refractivity contribution < 1.29 is 18.0 Å². The van der Waals surface area contributed by atoms with E-state index in [1.807, 2.05) is 6.07 Å². The van der Waals surface area contributed by atoms with Gasteiger partial charge in [-0.3, -0.25) is 14.5 Å². The highest BCUT2D eigenvalue weighted by Crippen LogP contribution is 2.27. The lowest BCUT2D eigenvalue weighted by Crippen LogP contribution is -2.45. The van der Waals surface area contributed by atoms with Crippen LogP contribution < -0.4 is 0 Å². The summed E-state index contributed by atoms with van der Waals surface area (Å²) in [6.45, 7) is 3.55. The summed E-state index contributed by atoms with van der Waals surface area (Å²) >= 11 is 0. The second kappa shape index (κ2) is 6.71. The second-order valence-corrected chi connectivity index (χ2v) is 7.58. The number of amides is 2. The number of aryl methyl sites for hydroxylation is 1. The predicted octanol–water partition coefficient (Wildman–Crippen LogP) is 1.02. The molecule has 1 aromatic rings. The largest absolute Gasteiger partial charge is 0.284 e. The van der Waals surface area contributed by atoms with Crippen LogP contribution in [0.1, 0.15) is 30.9 Å². The fourth-order valence-corrected chi connectivity index (χ4v) is 4.62. The molecule has 7 nitrogen and oxygen atoms in total. The molecule has 1 aromatic carbocycles. The fourth-order valence-electron chi connectivity index (χ4n) is 2.70. The van der Waals surface area contributed by atoms with Gasteiger partial charge >= 0.3 is 0 Å². The van der Waals surface area contributed by atoms with Crippen LogP contribution >= 0.6 is 0 Å². The molecule has 1 fully saturated rings. The van der Waals surface area contributed by atoms with Crippen molar-refractivity contribution in [1.29, 1.82) is 5.26 Å². The zero-order valence-electron chi connectivity index (χ0n) is 13.8.